The molecule has 0 saturated carbocycles. The van der Waals surface area contributed by atoms with Crippen LogP contribution in [0, 0.1) is 13.8 Å². The van der Waals surface area contributed by atoms with Gasteiger partial charge in [-0.15, -0.1) is 11.3 Å². The molecule has 4 rings (SSSR count). The number of rotatable bonds is 6. The molecule has 1 saturated heterocycles. The van der Waals surface area contributed by atoms with Crippen LogP contribution in [0.1, 0.15) is 22.4 Å². The van der Waals surface area contributed by atoms with Gasteiger partial charge in [-0.25, -0.2) is 4.98 Å². The Hall–Kier alpha value is -2.54. The van der Waals surface area contributed by atoms with Crippen molar-refractivity contribution in [1.82, 2.24) is 9.88 Å². The smallest absolute Gasteiger partial charge is 0.230 e. The van der Waals surface area contributed by atoms with Crippen LogP contribution in [0.5, 0.6) is 0 Å². The van der Waals surface area contributed by atoms with Gasteiger partial charge in [-0.05, 0) is 48.7 Å². The lowest BCUT2D eigenvalue weighted by atomic mass is 10.1. The maximum atomic E-state index is 12.4. The monoisotopic (exact) mass is 421 g/mol. The van der Waals surface area contributed by atoms with Crippen molar-refractivity contribution in [3.8, 4) is 10.6 Å². The van der Waals surface area contributed by atoms with E-state index in [0.717, 1.165) is 54.8 Å². The zero-order valence-electron chi connectivity index (χ0n) is 17.5. The van der Waals surface area contributed by atoms with E-state index in [0.29, 0.717) is 0 Å². The number of ether oxygens (including phenoxy) is 1. The molecule has 1 amide bonds. The number of hydrogen-bond acceptors (Lipinski definition) is 5. The molecule has 3 aromatic rings. The average Bonchev–Trinajstić information content (AvgIpc) is 3.20. The van der Waals surface area contributed by atoms with E-state index < -0.39 is 0 Å². The molecule has 0 unspecified atom stereocenters. The third kappa shape index (κ3) is 5.33. The highest BCUT2D eigenvalue weighted by Gasteiger charge is 2.13. The fraction of sp³-hybridized carbons (Fsp3) is 0.333. The van der Waals surface area contributed by atoms with Crippen LogP contribution in [-0.4, -0.2) is 42.1 Å². The summed E-state index contributed by atoms with van der Waals surface area (Å²) >= 11 is 1.59. The second-order valence-corrected chi connectivity index (χ2v) is 8.61. The number of nitrogens with one attached hydrogen (secondary N) is 1. The van der Waals surface area contributed by atoms with Crippen molar-refractivity contribution in [2.75, 3.05) is 31.6 Å². The zero-order chi connectivity index (χ0) is 20.9. The first-order chi connectivity index (χ1) is 14.6. The Balaban J connectivity index is 1.39. The van der Waals surface area contributed by atoms with Crippen LogP contribution >= 0.6 is 11.3 Å². The van der Waals surface area contributed by atoms with Crippen LogP contribution in [0.2, 0.25) is 0 Å². The number of carbonyl (C=O) groups excluding carboxylic acids is 1. The molecule has 0 atom stereocenters. The van der Waals surface area contributed by atoms with E-state index in [1.54, 1.807) is 11.3 Å². The van der Waals surface area contributed by atoms with E-state index in [-0.39, 0.29) is 12.3 Å². The number of morpholine rings is 1. The van der Waals surface area contributed by atoms with Gasteiger partial charge in [0.25, 0.3) is 0 Å². The van der Waals surface area contributed by atoms with Gasteiger partial charge in [0.1, 0.15) is 5.01 Å². The summed E-state index contributed by atoms with van der Waals surface area (Å²) in [4.78, 5) is 19.6. The summed E-state index contributed by atoms with van der Waals surface area (Å²) in [5.74, 6) is -0.0452. The lowest BCUT2D eigenvalue weighted by Gasteiger charge is -2.26. The van der Waals surface area contributed by atoms with Crippen LogP contribution in [0.15, 0.2) is 47.8 Å². The molecular formula is C24H27N3O2S. The second-order valence-electron chi connectivity index (χ2n) is 7.76. The summed E-state index contributed by atoms with van der Waals surface area (Å²) in [6.07, 6.45) is 0.275. The Morgan fingerprint density at radius 2 is 1.97 bits per heavy atom. The molecule has 156 valence electrons. The number of hydrogen-bond donors (Lipinski definition) is 1. The van der Waals surface area contributed by atoms with Crippen LogP contribution in [0.3, 0.4) is 0 Å². The molecule has 1 aliphatic heterocycles. The van der Waals surface area contributed by atoms with Crippen LogP contribution in [0.25, 0.3) is 10.6 Å². The summed E-state index contributed by atoms with van der Waals surface area (Å²) in [7, 11) is 0. The van der Waals surface area contributed by atoms with Crippen molar-refractivity contribution in [3.63, 3.8) is 0 Å². The van der Waals surface area contributed by atoms with Gasteiger partial charge in [-0.3, -0.25) is 9.69 Å². The molecule has 0 radical (unpaired) electrons. The molecule has 30 heavy (non-hydrogen) atoms. The van der Waals surface area contributed by atoms with Gasteiger partial charge < -0.3 is 10.1 Å². The molecule has 2 heterocycles. The van der Waals surface area contributed by atoms with Gasteiger partial charge in [0, 0.05) is 36.3 Å². The predicted molar refractivity (Wildman–Crippen MR) is 122 cm³/mol. The van der Waals surface area contributed by atoms with Crippen molar-refractivity contribution in [2.24, 2.45) is 0 Å². The van der Waals surface area contributed by atoms with Gasteiger partial charge in [0.2, 0.25) is 5.91 Å². The van der Waals surface area contributed by atoms with Crippen molar-refractivity contribution in [2.45, 2.75) is 26.8 Å². The number of nitrogens with zero attached hydrogens (tertiary/aromatic N) is 2. The fourth-order valence-corrected chi connectivity index (χ4v) is 4.35. The van der Waals surface area contributed by atoms with Crippen molar-refractivity contribution in [1.29, 1.82) is 0 Å². The Kier molecular flexibility index (Phi) is 6.57. The van der Waals surface area contributed by atoms with E-state index in [1.165, 1.54) is 16.7 Å². The number of aryl methyl sites for hydroxylation is 2. The molecule has 5 nitrogen and oxygen atoms in total. The molecule has 1 fully saturated rings. The maximum absolute atomic E-state index is 12.4. The first-order valence-electron chi connectivity index (χ1n) is 10.3. The van der Waals surface area contributed by atoms with E-state index >= 15 is 0 Å². The zero-order valence-corrected chi connectivity index (χ0v) is 18.3. The normalized spacial score (nSPS) is 14.6. The number of carbonyl (C=O) groups is 1. The minimum absolute atomic E-state index is 0.0452. The minimum Gasteiger partial charge on any atom is -0.379 e. The Morgan fingerprint density at radius 3 is 2.77 bits per heavy atom. The maximum Gasteiger partial charge on any atom is 0.230 e. The number of benzene rings is 2. The molecule has 0 spiro atoms. The topological polar surface area (TPSA) is 54.5 Å². The van der Waals surface area contributed by atoms with Gasteiger partial charge in [-0.2, -0.15) is 0 Å². The quantitative estimate of drug-likeness (QED) is 0.639. The highest BCUT2D eigenvalue weighted by molar-refractivity contribution is 7.13. The summed E-state index contributed by atoms with van der Waals surface area (Å²) in [5.41, 5.74) is 6.39. The van der Waals surface area contributed by atoms with Crippen LogP contribution in [-0.2, 0) is 22.5 Å². The van der Waals surface area contributed by atoms with E-state index in [9.17, 15) is 4.79 Å². The van der Waals surface area contributed by atoms with Gasteiger partial charge in [0.05, 0.1) is 25.3 Å². The third-order valence-electron chi connectivity index (χ3n) is 5.37. The van der Waals surface area contributed by atoms with Crippen molar-refractivity contribution < 1.29 is 9.53 Å². The van der Waals surface area contributed by atoms with Crippen LogP contribution < -0.4 is 5.32 Å². The van der Waals surface area contributed by atoms with E-state index in [2.05, 4.69) is 41.4 Å². The number of aromatic nitrogens is 1. The SMILES string of the molecule is Cc1ccc(NC(=O)Cc2csc(-c3cccc(CN4CCOCC4)c3)n2)cc1C. The molecule has 0 bridgehead atoms. The molecule has 2 aromatic carbocycles. The lowest BCUT2D eigenvalue weighted by Crippen LogP contribution is -2.35. The predicted octanol–water partition coefficient (Wildman–Crippen LogP) is 4.44. The van der Waals surface area contributed by atoms with Crippen molar-refractivity contribution in [3.05, 3.63) is 70.2 Å². The highest BCUT2D eigenvalue weighted by atomic mass is 32.1. The highest BCUT2D eigenvalue weighted by Crippen LogP contribution is 2.25. The first kappa shape index (κ1) is 20.7. The third-order valence-corrected chi connectivity index (χ3v) is 6.31. The lowest BCUT2D eigenvalue weighted by molar-refractivity contribution is -0.115. The summed E-state index contributed by atoms with van der Waals surface area (Å²) in [6, 6.07) is 14.5. The van der Waals surface area contributed by atoms with E-state index in [4.69, 9.17) is 9.72 Å². The average molecular weight is 422 g/mol. The molecular weight excluding hydrogens is 394 g/mol. The summed E-state index contributed by atoms with van der Waals surface area (Å²) in [6.45, 7) is 8.59. The molecule has 0 aliphatic carbocycles. The Bertz CT molecular complexity index is 1020. The van der Waals surface area contributed by atoms with Crippen LogP contribution in [0.4, 0.5) is 5.69 Å². The second kappa shape index (κ2) is 9.51. The largest absolute Gasteiger partial charge is 0.379 e. The van der Waals surface area contributed by atoms with Crippen molar-refractivity contribution >= 4 is 22.9 Å². The number of thiazole rings is 1. The molecule has 6 heteroatoms. The minimum atomic E-state index is -0.0452. The van der Waals surface area contributed by atoms with Gasteiger partial charge >= 0.3 is 0 Å². The summed E-state index contributed by atoms with van der Waals surface area (Å²) in [5, 5.41) is 5.90. The Morgan fingerprint density at radius 1 is 1.13 bits per heavy atom. The standard InChI is InChI=1S/C24H27N3O2S/c1-17-6-7-21(12-18(17)2)25-23(28)14-22-16-30-24(26-22)20-5-3-4-19(13-20)15-27-8-10-29-11-9-27/h3-7,12-13,16H,8-11,14-15H2,1-2H3,(H,25,28). The number of amides is 1. The van der Waals surface area contributed by atoms with Gasteiger partial charge in [-0.1, -0.05) is 24.3 Å². The molecule has 1 N–H and O–H groups in total. The molecule has 1 aromatic heterocycles. The summed E-state index contributed by atoms with van der Waals surface area (Å²) < 4.78 is 5.43. The van der Waals surface area contributed by atoms with E-state index in [1.807, 2.05) is 30.5 Å². The Labute approximate surface area is 181 Å². The fourth-order valence-electron chi connectivity index (χ4n) is 3.53. The number of anilines is 1. The molecule has 1 aliphatic rings. The van der Waals surface area contributed by atoms with Gasteiger partial charge in [0.15, 0.2) is 0 Å². The first-order valence-corrected chi connectivity index (χ1v) is 11.2.